The van der Waals surface area contributed by atoms with E-state index in [2.05, 4.69) is 21.0 Å². The van der Waals surface area contributed by atoms with Crippen molar-refractivity contribution in [2.24, 2.45) is 0 Å². The van der Waals surface area contributed by atoms with E-state index in [0.717, 1.165) is 60.5 Å². The first-order valence-electron chi connectivity index (χ1n) is 11.2. The van der Waals surface area contributed by atoms with Crippen LogP contribution in [0.25, 0.3) is 0 Å². The van der Waals surface area contributed by atoms with Crippen LogP contribution in [0.4, 0.5) is 5.69 Å². The molecule has 2 aromatic heterocycles. The van der Waals surface area contributed by atoms with Crippen LogP contribution < -0.4 is 14.4 Å². The van der Waals surface area contributed by atoms with Crippen molar-refractivity contribution in [1.29, 1.82) is 0 Å². The Labute approximate surface area is 197 Å². The topological polar surface area (TPSA) is 71.3 Å². The summed E-state index contributed by atoms with van der Waals surface area (Å²) in [6.45, 7) is 8.16. The van der Waals surface area contributed by atoms with Crippen LogP contribution in [0.3, 0.4) is 0 Å². The zero-order chi connectivity index (χ0) is 22.6. The Balaban J connectivity index is 1.24. The predicted molar refractivity (Wildman–Crippen MR) is 126 cm³/mol. The number of anilines is 1. The summed E-state index contributed by atoms with van der Waals surface area (Å²) in [5.41, 5.74) is 1.79. The van der Waals surface area contributed by atoms with Gasteiger partial charge in [0, 0.05) is 55.4 Å². The third-order valence-electron chi connectivity index (χ3n) is 5.92. The highest BCUT2D eigenvalue weighted by Crippen LogP contribution is 2.34. The van der Waals surface area contributed by atoms with E-state index in [9.17, 15) is 4.79 Å². The van der Waals surface area contributed by atoms with Crippen LogP contribution in [-0.2, 0) is 17.9 Å². The van der Waals surface area contributed by atoms with Crippen LogP contribution in [-0.4, -0.2) is 66.8 Å². The number of hydrogen-bond donors (Lipinski definition) is 0. The summed E-state index contributed by atoms with van der Waals surface area (Å²) in [5, 5.41) is 6.13. The van der Waals surface area contributed by atoms with Crippen molar-refractivity contribution in [2.75, 3.05) is 50.8 Å². The molecule has 3 aromatic rings. The summed E-state index contributed by atoms with van der Waals surface area (Å²) in [7, 11) is 0. The van der Waals surface area contributed by atoms with E-state index >= 15 is 0 Å². The van der Waals surface area contributed by atoms with Gasteiger partial charge in [-0.1, -0.05) is 11.2 Å². The Morgan fingerprint density at radius 1 is 1.06 bits per heavy atom. The molecule has 0 N–H and O–H groups in total. The highest BCUT2D eigenvalue weighted by atomic mass is 32.1. The number of carbonyl (C=O) groups excluding carboxylic acids is 1. The number of thiophene rings is 1. The van der Waals surface area contributed by atoms with Gasteiger partial charge >= 0.3 is 0 Å². The lowest BCUT2D eigenvalue weighted by Crippen LogP contribution is -2.49. The van der Waals surface area contributed by atoms with Crippen LogP contribution in [0.15, 0.2) is 46.3 Å². The molecule has 2 aliphatic heterocycles. The fraction of sp³-hybridized carbons (Fsp3) is 0.417. The zero-order valence-electron chi connectivity index (χ0n) is 18.7. The molecule has 0 saturated carbocycles. The summed E-state index contributed by atoms with van der Waals surface area (Å²) in [6, 6.07) is 11.8. The molecule has 1 aromatic carbocycles. The van der Waals surface area contributed by atoms with Gasteiger partial charge in [0.25, 0.3) is 0 Å². The van der Waals surface area contributed by atoms with Crippen LogP contribution in [0.5, 0.6) is 11.5 Å². The van der Waals surface area contributed by atoms with Gasteiger partial charge < -0.3 is 18.9 Å². The Morgan fingerprint density at radius 2 is 1.85 bits per heavy atom. The Bertz CT molecular complexity index is 1080. The van der Waals surface area contributed by atoms with Crippen LogP contribution in [0.2, 0.25) is 0 Å². The van der Waals surface area contributed by atoms with Gasteiger partial charge in [-0.15, -0.1) is 11.3 Å². The molecule has 0 bridgehead atoms. The van der Waals surface area contributed by atoms with Gasteiger partial charge in [-0.3, -0.25) is 14.6 Å². The number of amides is 1. The lowest BCUT2D eigenvalue weighted by molar-refractivity contribution is -0.120. The first-order chi connectivity index (χ1) is 16.1. The van der Waals surface area contributed by atoms with Crippen molar-refractivity contribution in [1.82, 2.24) is 15.0 Å². The lowest BCUT2D eigenvalue weighted by Gasteiger charge is -2.35. The molecule has 0 radical (unpaired) electrons. The van der Waals surface area contributed by atoms with Crippen LogP contribution in [0.1, 0.15) is 16.3 Å². The molecule has 2 aliphatic rings. The first kappa shape index (κ1) is 21.9. The first-order valence-corrected chi connectivity index (χ1v) is 12.1. The Kier molecular flexibility index (Phi) is 6.61. The molecule has 0 spiro atoms. The molecule has 1 amide bonds. The highest BCUT2D eigenvalue weighted by molar-refractivity contribution is 7.09. The molecule has 0 unspecified atom stereocenters. The van der Waals surface area contributed by atoms with Gasteiger partial charge in [0.2, 0.25) is 5.91 Å². The summed E-state index contributed by atoms with van der Waals surface area (Å²) < 4.78 is 16.6. The number of benzene rings is 1. The molecule has 8 nitrogen and oxygen atoms in total. The lowest BCUT2D eigenvalue weighted by atomic mass is 10.2. The van der Waals surface area contributed by atoms with Crippen molar-refractivity contribution in [2.45, 2.75) is 20.0 Å². The van der Waals surface area contributed by atoms with Gasteiger partial charge in [-0.05, 0) is 30.5 Å². The highest BCUT2D eigenvalue weighted by Gasteiger charge is 2.25. The molecule has 0 atom stereocenters. The normalized spacial score (nSPS) is 16.6. The number of nitrogens with zero attached hydrogens (tertiary/aromatic N) is 4. The molecular formula is C24H28N4O4S. The van der Waals surface area contributed by atoms with Crippen LogP contribution >= 0.6 is 11.3 Å². The third-order valence-corrected chi connectivity index (χ3v) is 6.78. The SMILES string of the molecule is Cc1cc(CN2CCN(CC(=O)N(Cc3cccs3)c3ccc4c(c3)OCCO4)CC2)no1. The van der Waals surface area contributed by atoms with Crippen molar-refractivity contribution in [3.8, 4) is 11.5 Å². The molecule has 1 saturated heterocycles. The fourth-order valence-corrected chi connectivity index (χ4v) is 4.88. The molecule has 174 valence electrons. The van der Waals surface area contributed by atoms with E-state index in [-0.39, 0.29) is 5.91 Å². The summed E-state index contributed by atoms with van der Waals surface area (Å²) in [6.07, 6.45) is 0. The molecular weight excluding hydrogens is 440 g/mol. The number of ether oxygens (including phenoxy) is 2. The molecule has 1 fully saturated rings. The molecule has 9 heteroatoms. The van der Waals surface area contributed by atoms with Gasteiger partial charge in [-0.25, -0.2) is 0 Å². The average molecular weight is 469 g/mol. The second kappa shape index (κ2) is 9.94. The minimum absolute atomic E-state index is 0.0839. The second-order valence-corrected chi connectivity index (χ2v) is 9.40. The second-order valence-electron chi connectivity index (χ2n) is 8.37. The van der Waals surface area contributed by atoms with E-state index in [0.29, 0.717) is 32.1 Å². The fourth-order valence-electron chi connectivity index (χ4n) is 4.19. The largest absolute Gasteiger partial charge is 0.486 e. The molecule has 33 heavy (non-hydrogen) atoms. The van der Waals surface area contributed by atoms with E-state index in [1.165, 1.54) is 0 Å². The van der Waals surface area contributed by atoms with Gasteiger partial charge in [0.15, 0.2) is 11.5 Å². The number of carbonyl (C=O) groups is 1. The maximum absolute atomic E-state index is 13.5. The number of hydrogen-bond acceptors (Lipinski definition) is 8. The molecule has 5 rings (SSSR count). The van der Waals surface area contributed by atoms with Gasteiger partial charge in [-0.2, -0.15) is 0 Å². The van der Waals surface area contributed by atoms with Crippen molar-refractivity contribution in [3.05, 3.63) is 58.1 Å². The minimum atomic E-state index is 0.0839. The smallest absolute Gasteiger partial charge is 0.241 e. The maximum Gasteiger partial charge on any atom is 0.241 e. The van der Waals surface area contributed by atoms with Crippen molar-refractivity contribution < 1.29 is 18.8 Å². The standard InChI is InChI=1S/C24H28N4O4S/c1-18-13-19(25-32-18)15-26-6-8-27(9-7-26)17-24(29)28(16-21-3-2-12-33-21)20-4-5-22-23(14-20)31-11-10-30-22/h2-5,12-14H,6-11,15-17H2,1H3. The predicted octanol–water partition coefficient (Wildman–Crippen LogP) is 3.17. The maximum atomic E-state index is 13.5. The number of fused-ring (bicyclic) bond motifs is 1. The van der Waals surface area contributed by atoms with Gasteiger partial charge in [0.05, 0.1) is 18.8 Å². The molecule has 0 aliphatic carbocycles. The zero-order valence-corrected chi connectivity index (χ0v) is 19.6. The quantitative estimate of drug-likeness (QED) is 0.527. The number of aryl methyl sites for hydroxylation is 1. The summed E-state index contributed by atoms with van der Waals surface area (Å²) in [4.78, 5) is 21.0. The Morgan fingerprint density at radius 3 is 2.58 bits per heavy atom. The van der Waals surface area contributed by atoms with E-state index < -0.39 is 0 Å². The monoisotopic (exact) mass is 468 g/mol. The minimum Gasteiger partial charge on any atom is -0.486 e. The van der Waals surface area contributed by atoms with Gasteiger partial charge in [0.1, 0.15) is 19.0 Å². The average Bonchev–Trinajstić information content (AvgIpc) is 3.50. The molecule has 4 heterocycles. The van der Waals surface area contributed by atoms with Crippen LogP contribution in [0, 0.1) is 6.92 Å². The van der Waals surface area contributed by atoms with E-state index in [4.69, 9.17) is 14.0 Å². The Hall–Kier alpha value is -2.88. The third kappa shape index (κ3) is 5.38. The summed E-state index contributed by atoms with van der Waals surface area (Å²) in [5.74, 6) is 2.34. The number of rotatable bonds is 7. The number of aromatic nitrogens is 1. The van der Waals surface area contributed by atoms with Crippen molar-refractivity contribution in [3.63, 3.8) is 0 Å². The van der Waals surface area contributed by atoms with Crippen molar-refractivity contribution >= 4 is 22.9 Å². The summed E-state index contributed by atoms with van der Waals surface area (Å²) >= 11 is 1.66. The van der Waals surface area contributed by atoms with E-state index in [1.54, 1.807) is 11.3 Å². The number of piperazine rings is 1. The van der Waals surface area contributed by atoms with E-state index in [1.807, 2.05) is 47.5 Å².